The number of rotatable bonds is 4. The Kier molecular flexibility index (Phi) is 6.35. The van der Waals surface area contributed by atoms with Crippen LogP contribution in [0, 0.1) is 46.5 Å². The van der Waals surface area contributed by atoms with E-state index in [0.717, 1.165) is 12.1 Å². The summed E-state index contributed by atoms with van der Waals surface area (Å²) < 4.78 is 118. The smallest absolute Gasteiger partial charge is 0.343 e. The minimum Gasteiger partial charge on any atom is -0.423 e. The highest BCUT2D eigenvalue weighted by Gasteiger charge is 2.20. The molecule has 0 spiro atoms. The summed E-state index contributed by atoms with van der Waals surface area (Å²) in [6.07, 6.45) is 0. The van der Waals surface area contributed by atoms with Crippen LogP contribution in [0.15, 0.2) is 48.5 Å². The van der Waals surface area contributed by atoms with Crippen LogP contribution in [0.3, 0.4) is 0 Å². The van der Waals surface area contributed by atoms with E-state index in [0.29, 0.717) is 36.4 Å². The van der Waals surface area contributed by atoms with Gasteiger partial charge in [-0.2, -0.15) is 0 Å². The maximum Gasteiger partial charge on any atom is 0.343 e. The Morgan fingerprint density at radius 3 is 1.14 bits per heavy atom. The van der Waals surface area contributed by atoms with Crippen LogP contribution in [0.1, 0.15) is 20.7 Å². The lowest BCUT2D eigenvalue weighted by atomic mass is 10.1. The van der Waals surface area contributed by atoms with Crippen molar-refractivity contribution < 1.29 is 54.2 Å². The van der Waals surface area contributed by atoms with E-state index in [4.69, 9.17) is 9.47 Å². The first kappa shape index (κ1) is 24.6. The van der Waals surface area contributed by atoms with Gasteiger partial charge in [0.25, 0.3) is 0 Å². The van der Waals surface area contributed by atoms with Crippen LogP contribution in [0.4, 0.5) is 35.1 Å². The second-order valence-corrected chi connectivity index (χ2v) is 7.20. The molecular formula is C24H8F8O4. The molecule has 0 saturated carbocycles. The molecule has 0 radical (unpaired) electrons. The molecule has 0 N–H and O–H groups in total. The van der Waals surface area contributed by atoms with E-state index in [1.54, 1.807) is 0 Å². The van der Waals surface area contributed by atoms with E-state index in [2.05, 4.69) is 0 Å². The zero-order valence-corrected chi connectivity index (χ0v) is 17.3. The van der Waals surface area contributed by atoms with E-state index in [-0.39, 0.29) is 5.39 Å². The summed E-state index contributed by atoms with van der Waals surface area (Å²) in [4.78, 5) is 24.3. The number of hydrogen-bond donors (Lipinski definition) is 0. The second-order valence-electron chi connectivity index (χ2n) is 7.20. The van der Waals surface area contributed by atoms with E-state index in [1.165, 1.54) is 0 Å². The number of esters is 2. The molecule has 0 fully saturated rings. The molecule has 12 heteroatoms. The van der Waals surface area contributed by atoms with Gasteiger partial charge in [-0.3, -0.25) is 0 Å². The van der Waals surface area contributed by atoms with Crippen LogP contribution in [0.2, 0.25) is 0 Å². The Bertz CT molecular complexity index is 1410. The molecule has 0 aliphatic heterocycles. The van der Waals surface area contributed by atoms with Crippen molar-refractivity contribution >= 4 is 22.7 Å². The number of halogens is 8. The topological polar surface area (TPSA) is 52.6 Å². The van der Waals surface area contributed by atoms with Crippen LogP contribution in [0.5, 0.6) is 11.5 Å². The Morgan fingerprint density at radius 1 is 0.472 bits per heavy atom. The van der Waals surface area contributed by atoms with E-state index >= 15 is 0 Å². The first-order valence-corrected chi connectivity index (χ1v) is 9.61. The van der Waals surface area contributed by atoms with E-state index < -0.39 is 86.5 Å². The Labute approximate surface area is 195 Å². The number of benzene rings is 4. The molecule has 4 rings (SSSR count). The molecule has 0 atom stereocenters. The fourth-order valence-electron chi connectivity index (χ4n) is 3.16. The van der Waals surface area contributed by atoms with Crippen LogP contribution >= 0.6 is 0 Å². The molecule has 4 nitrogen and oxygen atoms in total. The molecule has 0 aliphatic carbocycles. The number of carbonyl (C=O) groups is 2. The van der Waals surface area contributed by atoms with Crippen molar-refractivity contribution in [3.8, 4) is 11.5 Å². The fourth-order valence-corrected chi connectivity index (χ4v) is 3.16. The highest BCUT2D eigenvalue weighted by atomic mass is 19.2. The molecule has 0 aromatic heterocycles. The van der Waals surface area contributed by atoms with Gasteiger partial charge >= 0.3 is 11.9 Å². The largest absolute Gasteiger partial charge is 0.423 e. The standard InChI is InChI=1S/C24H8F8O4/c25-14-7-12(35-23(33)10-3-16(27)21(31)17(28)4-10)1-9-2-13(8-15(26)20(9)14)36-24(34)11-5-18(29)22(32)19(30)6-11/h1-8H. The summed E-state index contributed by atoms with van der Waals surface area (Å²) in [5.74, 6) is -16.8. The van der Waals surface area contributed by atoms with Gasteiger partial charge in [-0.25, -0.2) is 44.7 Å². The summed E-state index contributed by atoms with van der Waals surface area (Å²) in [6, 6.07) is 4.35. The van der Waals surface area contributed by atoms with Gasteiger partial charge in [0, 0.05) is 12.1 Å². The summed E-state index contributed by atoms with van der Waals surface area (Å²) in [5, 5.41) is -0.958. The van der Waals surface area contributed by atoms with Crippen LogP contribution < -0.4 is 9.47 Å². The lowest BCUT2D eigenvalue weighted by Crippen LogP contribution is -2.11. The molecule has 4 aromatic carbocycles. The molecule has 0 amide bonds. The van der Waals surface area contributed by atoms with Crippen molar-refractivity contribution in [1.29, 1.82) is 0 Å². The van der Waals surface area contributed by atoms with Gasteiger partial charge in [0.1, 0.15) is 23.1 Å². The minimum atomic E-state index is -1.83. The molecule has 0 heterocycles. The molecule has 0 aliphatic rings. The van der Waals surface area contributed by atoms with Crippen LogP contribution in [0.25, 0.3) is 10.8 Å². The normalized spacial score (nSPS) is 11.0. The minimum absolute atomic E-state index is 0.325. The van der Waals surface area contributed by atoms with Gasteiger partial charge in [0.15, 0.2) is 34.9 Å². The lowest BCUT2D eigenvalue weighted by molar-refractivity contribution is 0.0724. The quantitative estimate of drug-likeness (QED) is 0.138. The SMILES string of the molecule is O=C(Oc1cc(F)c2c(F)cc(OC(=O)c3cc(F)c(F)c(F)c3)cc2c1)c1cc(F)c(F)c(F)c1. The number of carbonyl (C=O) groups excluding carboxylic acids is 2. The third kappa shape index (κ3) is 4.69. The summed E-state index contributed by atoms with van der Waals surface area (Å²) in [6.45, 7) is 0. The Hall–Kier alpha value is -4.48. The maximum atomic E-state index is 14.5. The average Bonchev–Trinajstić information content (AvgIpc) is 2.79. The molecule has 0 saturated heterocycles. The van der Waals surface area contributed by atoms with Crippen LogP contribution in [-0.2, 0) is 0 Å². The molecule has 4 aromatic rings. The fraction of sp³-hybridized carbons (Fsp3) is 0. The zero-order chi connectivity index (χ0) is 26.3. The van der Waals surface area contributed by atoms with Gasteiger partial charge in [-0.15, -0.1) is 0 Å². The van der Waals surface area contributed by atoms with Gasteiger partial charge in [0.2, 0.25) is 0 Å². The number of ether oxygens (including phenoxy) is 2. The van der Waals surface area contributed by atoms with Gasteiger partial charge in [0.05, 0.1) is 16.5 Å². The van der Waals surface area contributed by atoms with Crippen molar-refractivity contribution in [3.63, 3.8) is 0 Å². The molecule has 36 heavy (non-hydrogen) atoms. The molecular weight excluding hydrogens is 504 g/mol. The third-order valence-electron chi connectivity index (χ3n) is 4.76. The predicted octanol–water partition coefficient (Wildman–Crippen LogP) is 6.39. The van der Waals surface area contributed by atoms with Crippen LogP contribution in [-0.4, -0.2) is 11.9 Å². The van der Waals surface area contributed by atoms with Crippen molar-refractivity contribution in [2.45, 2.75) is 0 Å². The Balaban J connectivity index is 1.65. The van der Waals surface area contributed by atoms with Gasteiger partial charge in [-0.1, -0.05) is 0 Å². The average molecular weight is 512 g/mol. The number of fused-ring (bicyclic) bond motifs is 1. The van der Waals surface area contributed by atoms with Crippen molar-refractivity contribution in [1.82, 2.24) is 0 Å². The molecule has 0 unspecified atom stereocenters. The first-order chi connectivity index (χ1) is 16.9. The Morgan fingerprint density at radius 2 is 0.806 bits per heavy atom. The van der Waals surface area contributed by atoms with Crippen molar-refractivity contribution in [3.05, 3.63) is 106 Å². The number of hydrogen-bond acceptors (Lipinski definition) is 4. The van der Waals surface area contributed by atoms with E-state index in [9.17, 15) is 44.7 Å². The maximum absolute atomic E-state index is 14.5. The highest BCUT2D eigenvalue weighted by molar-refractivity contribution is 5.94. The summed E-state index contributed by atoms with van der Waals surface area (Å²) in [7, 11) is 0. The van der Waals surface area contributed by atoms with Crippen molar-refractivity contribution in [2.24, 2.45) is 0 Å². The summed E-state index contributed by atoms with van der Waals surface area (Å²) in [5.41, 5.74) is -1.50. The zero-order valence-electron chi connectivity index (χ0n) is 17.3. The third-order valence-corrected chi connectivity index (χ3v) is 4.76. The van der Waals surface area contributed by atoms with E-state index in [1.807, 2.05) is 0 Å². The van der Waals surface area contributed by atoms with Gasteiger partial charge in [-0.05, 0) is 41.8 Å². The first-order valence-electron chi connectivity index (χ1n) is 9.61. The lowest BCUT2D eigenvalue weighted by Gasteiger charge is -2.10. The summed E-state index contributed by atoms with van der Waals surface area (Å²) >= 11 is 0. The predicted molar refractivity (Wildman–Crippen MR) is 106 cm³/mol. The van der Waals surface area contributed by atoms with Gasteiger partial charge < -0.3 is 9.47 Å². The second kappa shape index (κ2) is 9.29. The monoisotopic (exact) mass is 512 g/mol. The highest BCUT2D eigenvalue weighted by Crippen LogP contribution is 2.31. The molecule has 0 bridgehead atoms. The molecule has 184 valence electrons. The van der Waals surface area contributed by atoms with Crippen molar-refractivity contribution in [2.75, 3.05) is 0 Å².